The average Bonchev–Trinajstić information content (AvgIpc) is 2.88. The molecule has 0 spiro atoms. The van der Waals surface area contributed by atoms with Gasteiger partial charge in [-0.15, -0.1) is 0 Å². The summed E-state index contributed by atoms with van der Waals surface area (Å²) in [5, 5.41) is 3.57. The van der Waals surface area contributed by atoms with Crippen molar-refractivity contribution < 1.29 is 0 Å². The van der Waals surface area contributed by atoms with Crippen LogP contribution in [0.5, 0.6) is 0 Å². The Bertz CT molecular complexity index is 207. The van der Waals surface area contributed by atoms with Crippen LogP contribution in [-0.2, 0) is 0 Å². The number of nitrogens with zero attached hydrogens (tertiary/aromatic N) is 1. The molecule has 1 N–H and O–H groups in total. The monoisotopic (exact) mass is 254 g/mol. The number of unbranched alkanes of at least 4 members (excludes halogenated alkanes) is 4. The highest BCUT2D eigenvalue weighted by atomic mass is 15.2. The first-order valence-electron chi connectivity index (χ1n) is 8.05. The molecular formula is C16H34N2. The number of likely N-dealkylation sites (N-methyl/N-ethyl adjacent to an activating group) is 1. The molecule has 0 aromatic carbocycles. The van der Waals surface area contributed by atoms with E-state index >= 15 is 0 Å². The Hall–Kier alpha value is -0.0800. The third-order valence-electron chi connectivity index (χ3n) is 4.72. The second-order valence-corrected chi connectivity index (χ2v) is 6.39. The van der Waals surface area contributed by atoms with E-state index in [1.165, 1.54) is 64.5 Å². The second-order valence-electron chi connectivity index (χ2n) is 6.39. The Kier molecular flexibility index (Phi) is 7.25. The van der Waals surface area contributed by atoms with Crippen LogP contribution >= 0.6 is 0 Å². The first-order chi connectivity index (χ1) is 8.62. The van der Waals surface area contributed by atoms with E-state index in [-0.39, 0.29) is 0 Å². The summed E-state index contributed by atoms with van der Waals surface area (Å²) >= 11 is 0. The summed E-state index contributed by atoms with van der Waals surface area (Å²) in [6.45, 7) is 9.71. The predicted molar refractivity (Wildman–Crippen MR) is 81.1 cm³/mol. The summed E-state index contributed by atoms with van der Waals surface area (Å²) in [7, 11) is 2.13. The van der Waals surface area contributed by atoms with Crippen LogP contribution in [-0.4, -0.2) is 36.6 Å². The Morgan fingerprint density at radius 2 is 1.67 bits per heavy atom. The molecule has 2 heteroatoms. The summed E-state index contributed by atoms with van der Waals surface area (Å²) in [5.41, 5.74) is 0.315. The van der Waals surface area contributed by atoms with E-state index < -0.39 is 0 Å². The molecule has 0 amide bonds. The quantitative estimate of drug-likeness (QED) is 0.629. The first kappa shape index (κ1) is 16.0. The van der Waals surface area contributed by atoms with Crippen molar-refractivity contribution in [2.45, 2.75) is 83.7 Å². The van der Waals surface area contributed by atoms with E-state index in [0.717, 1.165) is 0 Å². The zero-order valence-electron chi connectivity index (χ0n) is 13.1. The molecule has 1 rings (SSSR count). The van der Waals surface area contributed by atoms with Crippen LogP contribution in [0, 0.1) is 0 Å². The summed E-state index contributed by atoms with van der Waals surface area (Å²) < 4.78 is 0. The fraction of sp³-hybridized carbons (Fsp3) is 1.00. The van der Waals surface area contributed by atoms with Gasteiger partial charge in [0.05, 0.1) is 0 Å². The van der Waals surface area contributed by atoms with Crippen LogP contribution in [0.1, 0.15) is 72.1 Å². The fourth-order valence-corrected chi connectivity index (χ4v) is 3.32. The molecule has 0 aliphatic carbocycles. The zero-order chi connectivity index (χ0) is 13.4. The minimum Gasteiger partial charge on any atom is -0.315 e. The molecule has 1 atom stereocenters. The van der Waals surface area contributed by atoms with E-state index in [0.29, 0.717) is 11.6 Å². The van der Waals surface area contributed by atoms with Crippen molar-refractivity contribution >= 4 is 0 Å². The standard InChI is InChI=1S/C16H34N2/c1-5-6-7-8-9-12-15(17-4)16(2,3)18-13-10-11-14-18/h15,17H,5-14H2,1-4H3. The summed E-state index contributed by atoms with van der Waals surface area (Å²) in [6.07, 6.45) is 11.0. The molecular weight excluding hydrogens is 220 g/mol. The third-order valence-corrected chi connectivity index (χ3v) is 4.72. The molecule has 1 fully saturated rings. The maximum Gasteiger partial charge on any atom is 0.0306 e. The lowest BCUT2D eigenvalue weighted by Gasteiger charge is -2.42. The molecule has 1 aliphatic heterocycles. The molecule has 108 valence electrons. The van der Waals surface area contributed by atoms with Crippen molar-refractivity contribution in [2.75, 3.05) is 20.1 Å². The maximum atomic E-state index is 3.57. The molecule has 0 radical (unpaired) electrons. The van der Waals surface area contributed by atoms with E-state index in [9.17, 15) is 0 Å². The molecule has 1 unspecified atom stereocenters. The number of rotatable bonds is 9. The van der Waals surface area contributed by atoms with Crippen LogP contribution < -0.4 is 5.32 Å². The molecule has 0 aromatic heterocycles. The fourth-order valence-electron chi connectivity index (χ4n) is 3.32. The summed E-state index contributed by atoms with van der Waals surface area (Å²) in [6, 6.07) is 0.636. The normalized spacial score (nSPS) is 19.3. The van der Waals surface area contributed by atoms with Gasteiger partial charge in [-0.25, -0.2) is 0 Å². The maximum absolute atomic E-state index is 3.57. The van der Waals surface area contributed by atoms with Gasteiger partial charge in [-0.2, -0.15) is 0 Å². The Morgan fingerprint density at radius 1 is 1.06 bits per heavy atom. The highest BCUT2D eigenvalue weighted by Gasteiger charge is 2.35. The van der Waals surface area contributed by atoms with Gasteiger partial charge in [0.15, 0.2) is 0 Å². The Labute approximate surface area is 115 Å². The highest BCUT2D eigenvalue weighted by Crippen LogP contribution is 2.26. The molecule has 1 heterocycles. The minimum absolute atomic E-state index is 0.315. The number of nitrogens with one attached hydrogen (secondary N) is 1. The lowest BCUT2D eigenvalue weighted by molar-refractivity contribution is 0.105. The van der Waals surface area contributed by atoms with E-state index in [1.807, 2.05) is 0 Å². The Morgan fingerprint density at radius 3 is 2.22 bits per heavy atom. The summed E-state index contributed by atoms with van der Waals surface area (Å²) in [5.74, 6) is 0. The number of hydrogen-bond acceptors (Lipinski definition) is 2. The zero-order valence-corrected chi connectivity index (χ0v) is 13.1. The van der Waals surface area contributed by atoms with Crippen molar-refractivity contribution in [2.24, 2.45) is 0 Å². The van der Waals surface area contributed by atoms with Crippen molar-refractivity contribution in [1.82, 2.24) is 10.2 Å². The van der Waals surface area contributed by atoms with Gasteiger partial charge in [0.1, 0.15) is 0 Å². The largest absolute Gasteiger partial charge is 0.315 e. The molecule has 1 aliphatic rings. The van der Waals surface area contributed by atoms with Gasteiger partial charge in [-0.05, 0) is 53.2 Å². The van der Waals surface area contributed by atoms with Crippen molar-refractivity contribution in [3.05, 3.63) is 0 Å². The highest BCUT2D eigenvalue weighted by molar-refractivity contribution is 4.94. The molecule has 0 aromatic rings. The van der Waals surface area contributed by atoms with Gasteiger partial charge in [-0.3, -0.25) is 4.90 Å². The molecule has 0 bridgehead atoms. The van der Waals surface area contributed by atoms with E-state index in [2.05, 4.69) is 38.0 Å². The SMILES string of the molecule is CCCCCCCC(NC)C(C)(C)N1CCCC1. The lowest BCUT2D eigenvalue weighted by atomic mass is 9.88. The lowest BCUT2D eigenvalue weighted by Crippen LogP contribution is -2.56. The average molecular weight is 254 g/mol. The van der Waals surface area contributed by atoms with Crippen molar-refractivity contribution in [3.8, 4) is 0 Å². The van der Waals surface area contributed by atoms with Gasteiger partial charge >= 0.3 is 0 Å². The Balaban J connectivity index is 2.33. The second kappa shape index (κ2) is 8.16. The van der Waals surface area contributed by atoms with Gasteiger partial charge in [-0.1, -0.05) is 39.0 Å². The van der Waals surface area contributed by atoms with E-state index in [4.69, 9.17) is 0 Å². The molecule has 0 saturated carbocycles. The number of likely N-dealkylation sites (tertiary alicyclic amines) is 1. The molecule has 1 saturated heterocycles. The smallest absolute Gasteiger partial charge is 0.0306 e. The molecule has 18 heavy (non-hydrogen) atoms. The third kappa shape index (κ3) is 4.55. The van der Waals surface area contributed by atoms with Crippen molar-refractivity contribution in [1.29, 1.82) is 0 Å². The topological polar surface area (TPSA) is 15.3 Å². The van der Waals surface area contributed by atoms with Crippen LogP contribution in [0.4, 0.5) is 0 Å². The van der Waals surface area contributed by atoms with Crippen LogP contribution in [0.3, 0.4) is 0 Å². The van der Waals surface area contributed by atoms with Crippen LogP contribution in [0.15, 0.2) is 0 Å². The molecule has 2 nitrogen and oxygen atoms in total. The van der Waals surface area contributed by atoms with Gasteiger partial charge in [0, 0.05) is 11.6 Å². The van der Waals surface area contributed by atoms with Gasteiger partial charge < -0.3 is 5.32 Å². The van der Waals surface area contributed by atoms with E-state index in [1.54, 1.807) is 0 Å². The van der Waals surface area contributed by atoms with Crippen LogP contribution in [0.25, 0.3) is 0 Å². The minimum atomic E-state index is 0.315. The predicted octanol–water partition coefficient (Wildman–Crippen LogP) is 3.81. The first-order valence-corrected chi connectivity index (χ1v) is 8.05. The van der Waals surface area contributed by atoms with Gasteiger partial charge in [0.25, 0.3) is 0 Å². The van der Waals surface area contributed by atoms with Crippen molar-refractivity contribution in [3.63, 3.8) is 0 Å². The van der Waals surface area contributed by atoms with Gasteiger partial charge in [0.2, 0.25) is 0 Å². The number of hydrogen-bond donors (Lipinski definition) is 1. The summed E-state index contributed by atoms with van der Waals surface area (Å²) in [4.78, 5) is 2.68. The van der Waals surface area contributed by atoms with Crippen LogP contribution in [0.2, 0.25) is 0 Å².